The van der Waals surface area contributed by atoms with E-state index in [0.717, 1.165) is 19.3 Å². The van der Waals surface area contributed by atoms with Gasteiger partial charge < -0.3 is 10.6 Å². The van der Waals surface area contributed by atoms with Crippen LogP contribution in [0.25, 0.3) is 0 Å². The van der Waals surface area contributed by atoms with Gasteiger partial charge in [0.2, 0.25) is 15.9 Å². The molecule has 2 saturated carbocycles. The molecule has 0 radical (unpaired) electrons. The van der Waals surface area contributed by atoms with Gasteiger partial charge in [-0.15, -0.1) is 12.4 Å². The lowest BCUT2D eigenvalue weighted by molar-refractivity contribution is -0.139. The van der Waals surface area contributed by atoms with Crippen LogP contribution in [0.5, 0.6) is 0 Å². The molecule has 4 unspecified atom stereocenters. The molecule has 1 aromatic rings. The van der Waals surface area contributed by atoms with Gasteiger partial charge in [-0.25, -0.2) is 8.42 Å². The number of sulfonamides is 1. The number of amides is 1. The van der Waals surface area contributed by atoms with Crippen molar-refractivity contribution < 1.29 is 13.2 Å². The summed E-state index contributed by atoms with van der Waals surface area (Å²) in [5.74, 6) is 0.920. The normalized spacial score (nSPS) is 31.0. The molecule has 1 aromatic carbocycles. The topological polar surface area (TPSA) is 83.7 Å². The van der Waals surface area contributed by atoms with Crippen molar-refractivity contribution in [1.82, 2.24) is 9.21 Å². The third-order valence-corrected chi connectivity index (χ3v) is 8.67. The Morgan fingerprint density at radius 1 is 1.07 bits per heavy atom. The molecule has 3 fully saturated rings. The Balaban J connectivity index is 0.00000210. The van der Waals surface area contributed by atoms with Gasteiger partial charge in [-0.1, -0.05) is 23.7 Å². The first kappa shape index (κ1) is 20.9. The molecule has 2 aliphatic carbocycles. The SMILES string of the molecule is Cl.NC1C2CCC(C2)C1C(=O)N1CCN(S(=O)(=O)c2ccccc2Cl)CC1. The van der Waals surface area contributed by atoms with E-state index in [4.69, 9.17) is 17.3 Å². The third kappa shape index (κ3) is 3.60. The predicted molar refractivity (Wildman–Crippen MR) is 106 cm³/mol. The Bertz CT molecular complexity index is 810. The monoisotopic (exact) mass is 433 g/mol. The molecular weight excluding hydrogens is 409 g/mol. The molecule has 1 heterocycles. The number of piperazine rings is 1. The predicted octanol–water partition coefficient (Wildman–Crippen LogP) is 1.97. The summed E-state index contributed by atoms with van der Waals surface area (Å²) in [5.41, 5.74) is 6.29. The van der Waals surface area contributed by atoms with Gasteiger partial charge in [0.05, 0.1) is 10.9 Å². The second kappa shape index (κ2) is 7.87. The minimum Gasteiger partial charge on any atom is -0.340 e. The van der Waals surface area contributed by atoms with Crippen LogP contribution in [-0.2, 0) is 14.8 Å². The van der Waals surface area contributed by atoms with Gasteiger partial charge in [0.15, 0.2) is 0 Å². The molecule has 1 amide bonds. The number of rotatable bonds is 3. The van der Waals surface area contributed by atoms with E-state index in [0.29, 0.717) is 24.9 Å². The third-order valence-electron chi connectivity index (χ3n) is 6.27. The Morgan fingerprint density at radius 3 is 2.30 bits per heavy atom. The maximum Gasteiger partial charge on any atom is 0.244 e. The average Bonchev–Trinajstić information content (AvgIpc) is 3.23. The summed E-state index contributed by atoms with van der Waals surface area (Å²) in [6.07, 6.45) is 3.30. The van der Waals surface area contributed by atoms with Crippen molar-refractivity contribution in [1.29, 1.82) is 0 Å². The molecule has 0 spiro atoms. The van der Waals surface area contributed by atoms with Crippen molar-refractivity contribution in [3.8, 4) is 0 Å². The van der Waals surface area contributed by atoms with Crippen LogP contribution in [0.15, 0.2) is 29.2 Å². The van der Waals surface area contributed by atoms with Crippen molar-refractivity contribution in [3.63, 3.8) is 0 Å². The van der Waals surface area contributed by atoms with E-state index in [1.807, 2.05) is 0 Å². The fraction of sp³-hybridized carbons (Fsp3) is 0.611. The molecule has 1 saturated heterocycles. The number of carbonyl (C=O) groups excluding carboxylic acids is 1. The Morgan fingerprint density at radius 2 is 1.70 bits per heavy atom. The fourth-order valence-corrected chi connectivity index (χ4v) is 6.77. The Kier molecular flexibility index (Phi) is 6.08. The van der Waals surface area contributed by atoms with E-state index in [9.17, 15) is 13.2 Å². The smallest absolute Gasteiger partial charge is 0.244 e. The molecule has 6 nitrogen and oxygen atoms in total. The zero-order valence-electron chi connectivity index (χ0n) is 15.0. The average molecular weight is 434 g/mol. The van der Waals surface area contributed by atoms with Crippen LogP contribution in [-0.4, -0.2) is 55.8 Å². The minimum atomic E-state index is -3.64. The molecule has 1 aliphatic heterocycles. The first-order chi connectivity index (χ1) is 12.4. The highest BCUT2D eigenvalue weighted by Crippen LogP contribution is 2.48. The van der Waals surface area contributed by atoms with E-state index in [-0.39, 0.29) is 53.3 Å². The van der Waals surface area contributed by atoms with E-state index in [1.54, 1.807) is 23.1 Å². The standard InChI is InChI=1S/C18H24ClN3O3S.ClH/c19-14-3-1-2-4-15(14)26(24,25)22-9-7-21(8-10-22)18(23)16-12-5-6-13(11-12)17(16)20;/h1-4,12-13,16-17H,5-11,20H2;1H. The van der Waals surface area contributed by atoms with Gasteiger partial charge in [-0.2, -0.15) is 4.31 Å². The van der Waals surface area contributed by atoms with Gasteiger partial charge in [0, 0.05) is 32.2 Å². The number of benzene rings is 1. The highest BCUT2D eigenvalue weighted by atomic mass is 35.5. The lowest BCUT2D eigenvalue weighted by Crippen LogP contribution is -2.54. The summed E-state index contributed by atoms with van der Waals surface area (Å²) in [6, 6.07) is 6.42. The number of halogens is 2. The first-order valence-electron chi connectivity index (χ1n) is 9.18. The van der Waals surface area contributed by atoms with Crippen LogP contribution < -0.4 is 5.73 Å². The van der Waals surface area contributed by atoms with E-state index < -0.39 is 10.0 Å². The van der Waals surface area contributed by atoms with Crippen molar-refractivity contribution in [3.05, 3.63) is 29.3 Å². The van der Waals surface area contributed by atoms with Gasteiger partial charge in [-0.3, -0.25) is 4.79 Å². The molecule has 2 N–H and O–H groups in total. The summed E-state index contributed by atoms with van der Waals surface area (Å²) in [7, 11) is -3.64. The summed E-state index contributed by atoms with van der Waals surface area (Å²) in [4.78, 5) is 14.9. The molecule has 3 aliphatic rings. The maximum atomic E-state index is 12.9. The molecular formula is C18H25Cl2N3O3S. The second-order valence-electron chi connectivity index (χ2n) is 7.60. The summed E-state index contributed by atoms with van der Waals surface area (Å²) >= 11 is 6.06. The summed E-state index contributed by atoms with van der Waals surface area (Å²) < 4.78 is 27.0. The highest BCUT2D eigenvalue weighted by molar-refractivity contribution is 7.89. The van der Waals surface area contributed by atoms with Crippen LogP contribution in [0.2, 0.25) is 5.02 Å². The van der Waals surface area contributed by atoms with Crippen molar-refractivity contribution >= 4 is 39.9 Å². The molecule has 9 heteroatoms. The lowest BCUT2D eigenvalue weighted by atomic mass is 9.84. The first-order valence-corrected chi connectivity index (χ1v) is 11.0. The minimum absolute atomic E-state index is 0. The van der Waals surface area contributed by atoms with Crippen LogP contribution in [0.4, 0.5) is 0 Å². The molecule has 150 valence electrons. The van der Waals surface area contributed by atoms with Gasteiger partial charge in [-0.05, 0) is 43.2 Å². The van der Waals surface area contributed by atoms with E-state index in [1.165, 1.54) is 10.4 Å². The number of fused-ring (bicyclic) bond motifs is 2. The number of hydrogen-bond donors (Lipinski definition) is 1. The van der Waals surface area contributed by atoms with Crippen molar-refractivity contribution in [2.75, 3.05) is 26.2 Å². The lowest BCUT2D eigenvalue weighted by Gasteiger charge is -2.38. The Labute approximate surface area is 171 Å². The van der Waals surface area contributed by atoms with Crippen LogP contribution in [0.3, 0.4) is 0 Å². The number of carbonyl (C=O) groups is 1. The molecule has 27 heavy (non-hydrogen) atoms. The van der Waals surface area contributed by atoms with Gasteiger partial charge in [0.1, 0.15) is 4.90 Å². The van der Waals surface area contributed by atoms with E-state index in [2.05, 4.69) is 0 Å². The van der Waals surface area contributed by atoms with E-state index >= 15 is 0 Å². The summed E-state index contributed by atoms with van der Waals surface area (Å²) in [6.45, 7) is 1.39. The summed E-state index contributed by atoms with van der Waals surface area (Å²) in [5, 5.41) is 0.221. The van der Waals surface area contributed by atoms with Crippen LogP contribution in [0, 0.1) is 17.8 Å². The highest BCUT2D eigenvalue weighted by Gasteiger charge is 2.50. The molecule has 2 bridgehead atoms. The maximum absolute atomic E-state index is 12.9. The zero-order valence-corrected chi connectivity index (χ0v) is 17.3. The zero-order chi connectivity index (χ0) is 18.5. The fourth-order valence-electron chi connectivity index (χ4n) is 4.85. The molecule has 4 atom stereocenters. The van der Waals surface area contributed by atoms with Gasteiger partial charge in [0.25, 0.3) is 0 Å². The number of nitrogens with zero attached hydrogens (tertiary/aromatic N) is 2. The number of hydrogen-bond acceptors (Lipinski definition) is 4. The largest absolute Gasteiger partial charge is 0.340 e. The number of nitrogens with two attached hydrogens (primary N) is 1. The quantitative estimate of drug-likeness (QED) is 0.789. The van der Waals surface area contributed by atoms with Crippen molar-refractivity contribution in [2.24, 2.45) is 23.5 Å². The van der Waals surface area contributed by atoms with Crippen LogP contribution >= 0.6 is 24.0 Å². The van der Waals surface area contributed by atoms with Crippen molar-refractivity contribution in [2.45, 2.75) is 30.2 Å². The molecule has 0 aromatic heterocycles. The Hall–Kier alpha value is -0.860. The second-order valence-corrected chi connectivity index (χ2v) is 9.91. The molecule has 4 rings (SSSR count). The van der Waals surface area contributed by atoms with Crippen LogP contribution in [0.1, 0.15) is 19.3 Å². The van der Waals surface area contributed by atoms with Gasteiger partial charge >= 0.3 is 0 Å².